The third-order valence-electron chi connectivity index (χ3n) is 4.19. The molecule has 1 saturated carbocycles. The lowest BCUT2D eigenvalue weighted by molar-refractivity contribution is -0.113. The summed E-state index contributed by atoms with van der Waals surface area (Å²) in [4.78, 5) is 12.9. The van der Waals surface area contributed by atoms with Gasteiger partial charge in [-0.1, -0.05) is 75.2 Å². The van der Waals surface area contributed by atoms with Gasteiger partial charge >= 0.3 is 0 Å². The van der Waals surface area contributed by atoms with Gasteiger partial charge in [0.05, 0.1) is 0 Å². The molecule has 0 amide bonds. The summed E-state index contributed by atoms with van der Waals surface area (Å²) in [5, 5.41) is 0. The average molecular weight is 446 g/mol. The molecule has 0 aliphatic heterocycles. The minimum Gasteiger partial charge on any atom is -0.289 e. The van der Waals surface area contributed by atoms with E-state index < -0.39 is 0 Å². The Morgan fingerprint density at radius 3 is 1.67 bits per heavy atom. The minimum absolute atomic E-state index is 0.166. The first-order chi connectivity index (χ1) is 11.5. The molecular formula is C21H18Br2O. The number of hydrogen-bond acceptors (Lipinski definition) is 1. The van der Waals surface area contributed by atoms with Crippen molar-refractivity contribution in [2.75, 3.05) is 0 Å². The van der Waals surface area contributed by atoms with Crippen molar-refractivity contribution in [2.24, 2.45) is 5.92 Å². The Balaban J connectivity index is 1.98. The second-order valence-corrected chi connectivity index (χ2v) is 7.93. The highest BCUT2D eigenvalue weighted by Crippen LogP contribution is 2.33. The molecule has 1 atom stereocenters. The summed E-state index contributed by atoms with van der Waals surface area (Å²) in [6.45, 7) is 2.20. The van der Waals surface area contributed by atoms with E-state index in [4.69, 9.17) is 0 Å². The number of halogens is 2. The number of benzene rings is 2. The lowest BCUT2D eigenvalue weighted by Gasteiger charge is -2.23. The Morgan fingerprint density at radius 2 is 1.25 bits per heavy atom. The summed E-state index contributed by atoms with van der Waals surface area (Å²) in [5.41, 5.74) is 3.88. The minimum atomic E-state index is 0.166. The summed E-state index contributed by atoms with van der Waals surface area (Å²) in [5.74, 6) is 0.629. The van der Waals surface area contributed by atoms with Crippen LogP contribution in [0.15, 0.2) is 68.6 Å². The first-order valence-corrected chi connectivity index (χ1v) is 9.58. The van der Waals surface area contributed by atoms with Gasteiger partial charge in [0.1, 0.15) is 0 Å². The van der Waals surface area contributed by atoms with Gasteiger partial charge in [-0.3, -0.25) is 4.79 Å². The van der Waals surface area contributed by atoms with Gasteiger partial charge in [-0.05, 0) is 54.2 Å². The molecule has 0 radical (unpaired) electrons. The third kappa shape index (κ3) is 3.96. The standard InChI is InChI=1S/C21H18Br2O/c1-14-10-17(12-15-6-2-4-8-19(15)22)21(24)18(11-14)13-16-7-3-5-9-20(16)23/h2-9,12-14H,10-11H2,1H3/b17-12-,18-13+. The summed E-state index contributed by atoms with van der Waals surface area (Å²) < 4.78 is 2.03. The molecule has 0 spiro atoms. The van der Waals surface area contributed by atoms with Crippen LogP contribution in [-0.4, -0.2) is 5.78 Å². The number of carbonyl (C=O) groups is 1. The third-order valence-corrected chi connectivity index (χ3v) is 5.63. The highest BCUT2D eigenvalue weighted by atomic mass is 79.9. The molecular weight excluding hydrogens is 428 g/mol. The zero-order valence-corrected chi connectivity index (χ0v) is 16.6. The van der Waals surface area contributed by atoms with Crippen molar-refractivity contribution in [1.82, 2.24) is 0 Å². The molecule has 0 bridgehead atoms. The van der Waals surface area contributed by atoms with Crippen LogP contribution in [0.3, 0.4) is 0 Å². The van der Waals surface area contributed by atoms with E-state index in [1.807, 2.05) is 60.7 Å². The molecule has 1 aliphatic carbocycles. The van der Waals surface area contributed by atoms with Crippen LogP contribution < -0.4 is 0 Å². The summed E-state index contributed by atoms with van der Waals surface area (Å²) >= 11 is 7.12. The number of ketones is 1. The van der Waals surface area contributed by atoms with E-state index in [0.29, 0.717) is 5.92 Å². The number of carbonyl (C=O) groups excluding carboxylic acids is 1. The molecule has 24 heavy (non-hydrogen) atoms. The fourth-order valence-corrected chi connectivity index (χ4v) is 3.82. The van der Waals surface area contributed by atoms with Crippen LogP contribution in [0.2, 0.25) is 0 Å². The molecule has 2 aromatic rings. The zero-order valence-electron chi connectivity index (χ0n) is 13.4. The Morgan fingerprint density at radius 1 is 0.833 bits per heavy atom. The normalized spacial score (nSPS) is 21.5. The van der Waals surface area contributed by atoms with E-state index in [1.165, 1.54) is 0 Å². The van der Waals surface area contributed by atoms with E-state index in [0.717, 1.165) is 44.1 Å². The van der Waals surface area contributed by atoms with Crippen molar-refractivity contribution in [3.8, 4) is 0 Å². The lowest BCUT2D eigenvalue weighted by Crippen LogP contribution is -2.18. The maximum Gasteiger partial charge on any atom is 0.185 e. The van der Waals surface area contributed by atoms with Crippen molar-refractivity contribution < 1.29 is 4.79 Å². The molecule has 0 saturated heterocycles. The molecule has 2 aromatic carbocycles. The number of rotatable bonds is 2. The molecule has 1 fully saturated rings. The zero-order chi connectivity index (χ0) is 17.1. The van der Waals surface area contributed by atoms with Crippen LogP contribution in [-0.2, 0) is 4.79 Å². The van der Waals surface area contributed by atoms with Crippen LogP contribution in [0.5, 0.6) is 0 Å². The Hall–Kier alpha value is -1.45. The van der Waals surface area contributed by atoms with Gasteiger partial charge in [-0.2, -0.15) is 0 Å². The summed E-state index contributed by atoms with van der Waals surface area (Å²) in [7, 11) is 0. The van der Waals surface area contributed by atoms with Crippen LogP contribution in [0.1, 0.15) is 30.9 Å². The molecule has 0 aromatic heterocycles. The van der Waals surface area contributed by atoms with Crippen molar-refractivity contribution in [3.63, 3.8) is 0 Å². The molecule has 0 N–H and O–H groups in total. The Labute approximate surface area is 159 Å². The van der Waals surface area contributed by atoms with E-state index in [9.17, 15) is 4.79 Å². The van der Waals surface area contributed by atoms with E-state index >= 15 is 0 Å². The highest BCUT2D eigenvalue weighted by Gasteiger charge is 2.25. The molecule has 1 nitrogen and oxygen atoms in total. The number of allylic oxidation sites excluding steroid dienone is 2. The van der Waals surface area contributed by atoms with E-state index in [-0.39, 0.29) is 5.78 Å². The van der Waals surface area contributed by atoms with Crippen LogP contribution in [0.4, 0.5) is 0 Å². The van der Waals surface area contributed by atoms with E-state index in [2.05, 4.69) is 38.8 Å². The van der Waals surface area contributed by atoms with Crippen molar-refractivity contribution in [3.05, 3.63) is 79.7 Å². The monoisotopic (exact) mass is 444 g/mol. The molecule has 0 heterocycles. The SMILES string of the molecule is CC1C/C(=C/c2ccccc2Br)C(=O)/C(=C/c2ccccc2Br)C1. The number of Topliss-reactive ketones (excluding diaryl/α,β-unsaturated/α-hetero) is 1. The van der Waals surface area contributed by atoms with Crippen molar-refractivity contribution in [1.29, 1.82) is 0 Å². The Kier molecular flexibility index (Phi) is 5.52. The van der Waals surface area contributed by atoms with Gasteiger partial charge in [-0.15, -0.1) is 0 Å². The molecule has 1 unspecified atom stereocenters. The topological polar surface area (TPSA) is 17.1 Å². The fraction of sp³-hybridized carbons (Fsp3) is 0.190. The smallest absolute Gasteiger partial charge is 0.185 e. The van der Waals surface area contributed by atoms with Crippen molar-refractivity contribution in [2.45, 2.75) is 19.8 Å². The summed E-state index contributed by atoms with van der Waals surface area (Å²) in [6, 6.07) is 16.0. The molecule has 122 valence electrons. The Bertz CT molecular complexity index is 766. The largest absolute Gasteiger partial charge is 0.289 e. The highest BCUT2D eigenvalue weighted by molar-refractivity contribution is 9.10. The summed E-state index contributed by atoms with van der Waals surface area (Å²) in [6.07, 6.45) is 5.70. The van der Waals surface area contributed by atoms with E-state index in [1.54, 1.807) is 0 Å². The number of hydrogen-bond donors (Lipinski definition) is 0. The maximum atomic E-state index is 12.9. The first-order valence-electron chi connectivity index (χ1n) is 7.99. The van der Waals surface area contributed by atoms with Gasteiger partial charge in [0, 0.05) is 20.1 Å². The van der Waals surface area contributed by atoms with Crippen LogP contribution in [0, 0.1) is 5.92 Å². The fourth-order valence-electron chi connectivity index (χ4n) is 3.02. The van der Waals surface area contributed by atoms with Gasteiger partial charge in [-0.25, -0.2) is 0 Å². The predicted molar refractivity (Wildman–Crippen MR) is 108 cm³/mol. The molecule has 1 aliphatic rings. The quantitative estimate of drug-likeness (QED) is 0.471. The van der Waals surface area contributed by atoms with Gasteiger partial charge < -0.3 is 0 Å². The van der Waals surface area contributed by atoms with Gasteiger partial charge in [0.15, 0.2) is 5.78 Å². The lowest BCUT2D eigenvalue weighted by atomic mass is 9.81. The molecule has 3 rings (SSSR count). The van der Waals surface area contributed by atoms with Crippen LogP contribution >= 0.6 is 31.9 Å². The first kappa shape index (κ1) is 17.4. The van der Waals surface area contributed by atoms with Crippen molar-refractivity contribution >= 4 is 49.8 Å². The van der Waals surface area contributed by atoms with Crippen LogP contribution in [0.25, 0.3) is 12.2 Å². The molecule has 3 heteroatoms. The van der Waals surface area contributed by atoms with Gasteiger partial charge in [0.25, 0.3) is 0 Å². The second kappa shape index (κ2) is 7.62. The predicted octanol–water partition coefficient (Wildman–Crippen LogP) is 6.68. The maximum absolute atomic E-state index is 12.9. The van der Waals surface area contributed by atoms with Gasteiger partial charge in [0.2, 0.25) is 0 Å². The average Bonchev–Trinajstić information content (AvgIpc) is 2.56. The second-order valence-electron chi connectivity index (χ2n) is 6.22.